The summed E-state index contributed by atoms with van der Waals surface area (Å²) in [6.07, 6.45) is 3.05. The number of carboxylic acid groups (broad SMARTS) is 1. The summed E-state index contributed by atoms with van der Waals surface area (Å²) in [5.74, 6) is -0.554. The number of carbonyl (C=O) groups is 1. The van der Waals surface area contributed by atoms with E-state index in [9.17, 15) is 9.90 Å². The summed E-state index contributed by atoms with van der Waals surface area (Å²) in [5.41, 5.74) is 0.723. The first kappa shape index (κ1) is 10.0. The van der Waals surface area contributed by atoms with Gasteiger partial charge in [0.15, 0.2) is 0 Å². The molecule has 80 valence electrons. The number of phenols is 1. The second-order valence-electron chi connectivity index (χ2n) is 4.25. The van der Waals surface area contributed by atoms with E-state index in [0.29, 0.717) is 0 Å². The molecule has 1 saturated carbocycles. The molecule has 0 aliphatic heterocycles. The van der Waals surface area contributed by atoms with Gasteiger partial charge in [-0.25, -0.2) is 0 Å². The molecule has 1 fully saturated rings. The molecular weight excluding hydrogens is 192 g/mol. The molecule has 0 saturated heterocycles. The summed E-state index contributed by atoms with van der Waals surface area (Å²) in [4.78, 5) is 10.8. The van der Waals surface area contributed by atoms with Crippen molar-refractivity contribution in [3.05, 3.63) is 29.8 Å². The highest BCUT2D eigenvalue weighted by Gasteiger charge is 2.40. The summed E-state index contributed by atoms with van der Waals surface area (Å²) in [6.45, 7) is 0. The van der Waals surface area contributed by atoms with E-state index in [0.717, 1.165) is 24.8 Å². The maximum Gasteiger partial charge on any atom is 0.304 e. The van der Waals surface area contributed by atoms with Crippen LogP contribution in [0.1, 0.15) is 31.2 Å². The van der Waals surface area contributed by atoms with Crippen LogP contribution >= 0.6 is 0 Å². The van der Waals surface area contributed by atoms with E-state index in [1.807, 2.05) is 6.07 Å². The number of aromatic hydroxyl groups is 1. The number of rotatable bonds is 3. The van der Waals surface area contributed by atoms with E-state index in [-0.39, 0.29) is 17.6 Å². The van der Waals surface area contributed by atoms with E-state index in [1.165, 1.54) is 0 Å². The fraction of sp³-hybridized carbons (Fsp3) is 0.417. The third-order valence-electron chi connectivity index (χ3n) is 3.26. The van der Waals surface area contributed by atoms with Crippen LogP contribution in [0.25, 0.3) is 0 Å². The Labute approximate surface area is 88.4 Å². The third-order valence-corrected chi connectivity index (χ3v) is 3.26. The number of phenolic OH excluding ortho intramolecular Hbond substituents is 1. The summed E-state index contributed by atoms with van der Waals surface area (Å²) in [5, 5.41) is 18.3. The van der Waals surface area contributed by atoms with Crippen LogP contribution in [-0.4, -0.2) is 16.2 Å². The van der Waals surface area contributed by atoms with Crippen molar-refractivity contribution in [3.8, 4) is 5.75 Å². The van der Waals surface area contributed by atoms with Crippen LogP contribution in [0.5, 0.6) is 5.75 Å². The van der Waals surface area contributed by atoms with Crippen molar-refractivity contribution >= 4 is 5.97 Å². The van der Waals surface area contributed by atoms with E-state index in [2.05, 4.69) is 0 Å². The summed E-state index contributed by atoms with van der Waals surface area (Å²) in [7, 11) is 0. The highest BCUT2D eigenvalue weighted by molar-refractivity contribution is 5.69. The van der Waals surface area contributed by atoms with Gasteiger partial charge in [-0.3, -0.25) is 4.79 Å². The molecule has 0 radical (unpaired) electrons. The molecule has 2 rings (SSSR count). The standard InChI is InChI=1S/C12H14O3/c13-10-4-1-3-9(7-10)12(5-2-6-12)8-11(14)15/h1,3-4,7,13H,2,5-6,8H2,(H,14,15). The molecule has 0 heterocycles. The van der Waals surface area contributed by atoms with Gasteiger partial charge in [0.1, 0.15) is 5.75 Å². The molecular formula is C12H14O3. The van der Waals surface area contributed by atoms with Crippen molar-refractivity contribution < 1.29 is 15.0 Å². The first-order valence-electron chi connectivity index (χ1n) is 5.14. The maximum atomic E-state index is 10.8. The first-order valence-corrected chi connectivity index (χ1v) is 5.14. The van der Waals surface area contributed by atoms with Crippen molar-refractivity contribution in [1.82, 2.24) is 0 Å². The van der Waals surface area contributed by atoms with Crippen molar-refractivity contribution in [1.29, 1.82) is 0 Å². The number of hydrogen-bond acceptors (Lipinski definition) is 2. The second kappa shape index (κ2) is 3.57. The molecule has 0 spiro atoms. The lowest BCUT2D eigenvalue weighted by Gasteiger charge is -2.41. The largest absolute Gasteiger partial charge is 0.508 e. The minimum Gasteiger partial charge on any atom is -0.508 e. The van der Waals surface area contributed by atoms with Gasteiger partial charge in [-0.15, -0.1) is 0 Å². The Hall–Kier alpha value is -1.51. The number of hydrogen-bond donors (Lipinski definition) is 2. The molecule has 1 aromatic carbocycles. The molecule has 15 heavy (non-hydrogen) atoms. The molecule has 0 amide bonds. The molecule has 2 N–H and O–H groups in total. The van der Waals surface area contributed by atoms with Gasteiger partial charge < -0.3 is 10.2 Å². The smallest absolute Gasteiger partial charge is 0.304 e. The Morgan fingerprint density at radius 3 is 2.60 bits per heavy atom. The lowest BCUT2D eigenvalue weighted by Crippen LogP contribution is -2.36. The highest BCUT2D eigenvalue weighted by Crippen LogP contribution is 2.46. The van der Waals surface area contributed by atoms with Gasteiger partial charge in [0.25, 0.3) is 0 Å². The minimum absolute atomic E-state index is 0.163. The monoisotopic (exact) mass is 206 g/mol. The lowest BCUT2D eigenvalue weighted by atomic mass is 9.62. The van der Waals surface area contributed by atoms with Gasteiger partial charge in [0, 0.05) is 5.41 Å². The van der Waals surface area contributed by atoms with E-state index in [1.54, 1.807) is 18.2 Å². The first-order chi connectivity index (χ1) is 7.12. The number of benzene rings is 1. The Morgan fingerprint density at radius 1 is 1.40 bits per heavy atom. The van der Waals surface area contributed by atoms with Gasteiger partial charge in [-0.1, -0.05) is 18.6 Å². The average Bonchev–Trinajstić information content (AvgIpc) is 2.11. The molecule has 0 unspecified atom stereocenters. The molecule has 1 aliphatic carbocycles. The van der Waals surface area contributed by atoms with Crippen LogP contribution in [0.3, 0.4) is 0 Å². The molecule has 3 heteroatoms. The SMILES string of the molecule is O=C(O)CC1(c2cccc(O)c2)CCC1. The normalized spacial score (nSPS) is 18.1. The van der Waals surface area contributed by atoms with E-state index >= 15 is 0 Å². The number of carboxylic acids is 1. The van der Waals surface area contributed by atoms with Crippen molar-refractivity contribution in [2.45, 2.75) is 31.1 Å². The molecule has 3 nitrogen and oxygen atoms in total. The molecule has 0 bridgehead atoms. The van der Waals surface area contributed by atoms with E-state index < -0.39 is 5.97 Å². The average molecular weight is 206 g/mol. The van der Waals surface area contributed by atoms with Crippen LogP contribution in [-0.2, 0) is 10.2 Å². The highest BCUT2D eigenvalue weighted by atomic mass is 16.4. The van der Waals surface area contributed by atoms with E-state index in [4.69, 9.17) is 5.11 Å². The van der Waals surface area contributed by atoms with Gasteiger partial charge in [-0.05, 0) is 30.5 Å². The zero-order valence-electron chi connectivity index (χ0n) is 8.44. The summed E-state index contributed by atoms with van der Waals surface area (Å²) >= 11 is 0. The van der Waals surface area contributed by atoms with Gasteiger partial charge in [0.05, 0.1) is 6.42 Å². The van der Waals surface area contributed by atoms with Crippen LogP contribution in [0.4, 0.5) is 0 Å². The fourth-order valence-electron chi connectivity index (χ4n) is 2.30. The predicted octanol–water partition coefficient (Wildman–Crippen LogP) is 2.29. The number of aliphatic carboxylic acids is 1. The molecule has 0 aromatic heterocycles. The third kappa shape index (κ3) is 1.82. The van der Waals surface area contributed by atoms with Gasteiger partial charge in [0.2, 0.25) is 0 Å². The Morgan fingerprint density at radius 2 is 2.13 bits per heavy atom. The quantitative estimate of drug-likeness (QED) is 0.797. The zero-order chi connectivity index (χ0) is 10.9. The fourth-order valence-corrected chi connectivity index (χ4v) is 2.30. The van der Waals surface area contributed by atoms with Crippen LogP contribution in [0.15, 0.2) is 24.3 Å². The summed E-state index contributed by atoms with van der Waals surface area (Å²) in [6, 6.07) is 6.97. The second-order valence-corrected chi connectivity index (χ2v) is 4.25. The van der Waals surface area contributed by atoms with Gasteiger partial charge >= 0.3 is 5.97 Å². The van der Waals surface area contributed by atoms with Crippen molar-refractivity contribution in [2.24, 2.45) is 0 Å². The Balaban J connectivity index is 2.29. The topological polar surface area (TPSA) is 57.5 Å². The van der Waals surface area contributed by atoms with Crippen molar-refractivity contribution in [2.75, 3.05) is 0 Å². The molecule has 1 aromatic rings. The van der Waals surface area contributed by atoms with Crippen molar-refractivity contribution in [3.63, 3.8) is 0 Å². The zero-order valence-corrected chi connectivity index (χ0v) is 8.44. The van der Waals surface area contributed by atoms with Gasteiger partial charge in [-0.2, -0.15) is 0 Å². The lowest BCUT2D eigenvalue weighted by molar-refractivity contribution is -0.139. The Kier molecular flexibility index (Phi) is 2.39. The van der Waals surface area contributed by atoms with Crippen LogP contribution in [0.2, 0.25) is 0 Å². The molecule has 1 aliphatic rings. The molecule has 0 atom stereocenters. The summed E-state index contributed by atoms with van der Waals surface area (Å²) < 4.78 is 0. The van der Waals surface area contributed by atoms with Crippen LogP contribution < -0.4 is 0 Å². The maximum absolute atomic E-state index is 10.8. The predicted molar refractivity (Wildman–Crippen MR) is 55.9 cm³/mol. The van der Waals surface area contributed by atoms with Crippen LogP contribution in [0, 0.1) is 0 Å². The minimum atomic E-state index is -0.766. The Bertz CT molecular complexity index is 380.